The van der Waals surface area contributed by atoms with Gasteiger partial charge in [0, 0.05) is 5.56 Å². The quantitative estimate of drug-likeness (QED) is 0.572. The third kappa shape index (κ3) is 5.20. The zero-order chi connectivity index (χ0) is 19.1. The van der Waals surface area contributed by atoms with Crippen molar-refractivity contribution in [2.24, 2.45) is 5.10 Å². The number of ether oxygens (including phenoxy) is 2. The number of halogens is 2. The maximum absolute atomic E-state index is 13.1. The molecule has 2 rings (SSSR count). The summed E-state index contributed by atoms with van der Waals surface area (Å²) in [4.78, 5) is 11.9. The van der Waals surface area contributed by atoms with Crippen molar-refractivity contribution in [1.29, 1.82) is 0 Å². The number of carbonyl (C=O) groups is 1. The van der Waals surface area contributed by atoms with Gasteiger partial charge in [0.1, 0.15) is 5.82 Å². The molecule has 0 unspecified atom stereocenters. The molecule has 1 atom stereocenters. The van der Waals surface area contributed by atoms with Gasteiger partial charge in [0.05, 0.1) is 24.5 Å². The van der Waals surface area contributed by atoms with Crippen LogP contribution < -0.4 is 14.9 Å². The molecule has 0 fully saturated rings. The minimum atomic E-state index is -0.518. The van der Waals surface area contributed by atoms with Crippen molar-refractivity contribution in [3.05, 3.63) is 58.4 Å². The van der Waals surface area contributed by atoms with Crippen molar-refractivity contribution in [3.63, 3.8) is 0 Å². The molecule has 0 heterocycles. The fourth-order valence-corrected chi connectivity index (χ4v) is 2.34. The highest BCUT2D eigenvalue weighted by molar-refractivity contribution is 6.32. The summed E-state index contributed by atoms with van der Waals surface area (Å²) in [5.74, 6) is -0.0780. The zero-order valence-electron chi connectivity index (χ0n) is 14.8. The van der Waals surface area contributed by atoms with E-state index < -0.39 is 11.7 Å². The van der Waals surface area contributed by atoms with Crippen LogP contribution in [-0.4, -0.2) is 25.3 Å². The second-order valence-corrected chi connectivity index (χ2v) is 5.99. The first-order valence-electron chi connectivity index (χ1n) is 8.07. The number of nitrogens with zero attached hydrogens (tertiary/aromatic N) is 1. The summed E-state index contributed by atoms with van der Waals surface area (Å²) in [6, 6.07) is 8.69. The summed E-state index contributed by atoms with van der Waals surface area (Å²) in [6.45, 7) is 3.94. The van der Waals surface area contributed by atoms with E-state index in [-0.39, 0.29) is 11.7 Å². The molecule has 0 aromatic heterocycles. The van der Waals surface area contributed by atoms with Crippen LogP contribution >= 0.6 is 11.6 Å². The topological polar surface area (TPSA) is 59.9 Å². The molecule has 0 aliphatic heterocycles. The Morgan fingerprint density at radius 3 is 2.81 bits per heavy atom. The van der Waals surface area contributed by atoms with Gasteiger partial charge in [-0.25, -0.2) is 9.82 Å². The molecule has 0 bridgehead atoms. The van der Waals surface area contributed by atoms with Crippen LogP contribution in [0, 0.1) is 5.82 Å². The van der Waals surface area contributed by atoms with Gasteiger partial charge < -0.3 is 9.47 Å². The number of hydrogen-bond donors (Lipinski definition) is 1. The molecule has 1 amide bonds. The number of amides is 1. The molecular weight excluding hydrogens is 359 g/mol. The second kappa shape index (κ2) is 9.20. The second-order valence-electron chi connectivity index (χ2n) is 5.58. The van der Waals surface area contributed by atoms with Crippen LogP contribution in [0.4, 0.5) is 4.39 Å². The minimum Gasteiger partial charge on any atom is -0.493 e. The summed E-state index contributed by atoms with van der Waals surface area (Å²) >= 11 is 6.27. The molecule has 0 spiro atoms. The van der Waals surface area contributed by atoms with E-state index in [2.05, 4.69) is 10.5 Å². The lowest BCUT2D eigenvalue weighted by molar-refractivity contribution is 0.0954. The molecule has 26 heavy (non-hydrogen) atoms. The Labute approximate surface area is 156 Å². The molecule has 2 aromatic rings. The number of hydrogen-bond acceptors (Lipinski definition) is 4. The van der Waals surface area contributed by atoms with Crippen LogP contribution in [0.3, 0.4) is 0 Å². The molecule has 0 aliphatic carbocycles. The number of hydrazone groups is 1. The third-order valence-electron chi connectivity index (χ3n) is 3.61. The molecule has 0 radical (unpaired) electrons. The first-order chi connectivity index (χ1) is 12.4. The Balaban J connectivity index is 2.12. The minimum absolute atomic E-state index is 0.00790. The average Bonchev–Trinajstić information content (AvgIpc) is 2.63. The predicted octanol–water partition coefficient (Wildman–Crippen LogP) is 4.43. The van der Waals surface area contributed by atoms with Gasteiger partial charge in [-0.2, -0.15) is 5.10 Å². The Hall–Kier alpha value is -2.60. The molecule has 2 aromatic carbocycles. The predicted molar refractivity (Wildman–Crippen MR) is 99.8 cm³/mol. The SMILES string of the molecule is CC[C@@H](C)Oc1c(Cl)cc(/C=N\NC(=O)c2cccc(F)c2)cc1OC. The molecule has 0 aliphatic rings. The zero-order valence-corrected chi connectivity index (χ0v) is 15.5. The standard InChI is InChI=1S/C19H20ClFN2O3/c1-4-12(2)26-18-16(20)8-13(9-17(18)25-3)11-22-23-19(24)14-6-5-7-15(21)10-14/h5-12H,4H2,1-3H3,(H,23,24)/b22-11-/t12-/m1/s1. The number of benzene rings is 2. The van der Waals surface area contributed by atoms with Crippen LogP contribution in [0.2, 0.25) is 5.02 Å². The Bertz CT molecular complexity index is 811. The van der Waals surface area contributed by atoms with Crippen LogP contribution in [0.1, 0.15) is 36.2 Å². The Kier molecular flexibility index (Phi) is 6.97. The lowest BCUT2D eigenvalue weighted by Crippen LogP contribution is -2.17. The van der Waals surface area contributed by atoms with E-state index in [0.29, 0.717) is 22.1 Å². The summed E-state index contributed by atoms with van der Waals surface area (Å²) < 4.78 is 24.2. The van der Waals surface area contributed by atoms with E-state index in [4.69, 9.17) is 21.1 Å². The fraction of sp³-hybridized carbons (Fsp3) is 0.263. The monoisotopic (exact) mass is 378 g/mol. The van der Waals surface area contributed by atoms with Gasteiger partial charge in [-0.3, -0.25) is 4.79 Å². The molecule has 5 nitrogen and oxygen atoms in total. The molecule has 0 saturated heterocycles. The van der Waals surface area contributed by atoms with Crippen LogP contribution in [0.15, 0.2) is 41.5 Å². The first-order valence-corrected chi connectivity index (χ1v) is 8.45. The molecule has 1 N–H and O–H groups in total. The van der Waals surface area contributed by atoms with E-state index in [1.165, 1.54) is 31.5 Å². The molecule has 138 valence electrons. The maximum atomic E-state index is 13.1. The summed E-state index contributed by atoms with van der Waals surface area (Å²) in [5, 5.41) is 4.25. The first kappa shape index (κ1) is 19.7. The van der Waals surface area contributed by atoms with Gasteiger partial charge in [-0.05, 0) is 49.2 Å². The van der Waals surface area contributed by atoms with Gasteiger partial charge in [0.25, 0.3) is 5.91 Å². The number of rotatable bonds is 7. The maximum Gasteiger partial charge on any atom is 0.271 e. The van der Waals surface area contributed by atoms with Crippen molar-refractivity contribution < 1.29 is 18.7 Å². The largest absolute Gasteiger partial charge is 0.493 e. The van der Waals surface area contributed by atoms with Crippen molar-refractivity contribution >= 4 is 23.7 Å². The van der Waals surface area contributed by atoms with Gasteiger partial charge in [-0.15, -0.1) is 0 Å². The lowest BCUT2D eigenvalue weighted by Gasteiger charge is -2.17. The smallest absolute Gasteiger partial charge is 0.271 e. The lowest BCUT2D eigenvalue weighted by atomic mass is 10.2. The molecule has 7 heteroatoms. The van der Waals surface area contributed by atoms with Crippen LogP contribution in [0.25, 0.3) is 0 Å². The van der Waals surface area contributed by atoms with Gasteiger partial charge >= 0.3 is 0 Å². The van der Waals surface area contributed by atoms with E-state index in [1.54, 1.807) is 12.1 Å². The van der Waals surface area contributed by atoms with Crippen molar-refractivity contribution in [2.45, 2.75) is 26.4 Å². The highest BCUT2D eigenvalue weighted by Gasteiger charge is 2.14. The van der Waals surface area contributed by atoms with Gasteiger partial charge in [0.2, 0.25) is 0 Å². The van der Waals surface area contributed by atoms with E-state index in [0.717, 1.165) is 12.5 Å². The Morgan fingerprint density at radius 2 is 2.15 bits per heavy atom. The van der Waals surface area contributed by atoms with Crippen molar-refractivity contribution in [3.8, 4) is 11.5 Å². The summed E-state index contributed by atoms with van der Waals surface area (Å²) in [5.41, 5.74) is 3.13. The Morgan fingerprint density at radius 1 is 1.38 bits per heavy atom. The third-order valence-corrected chi connectivity index (χ3v) is 3.89. The normalized spacial score (nSPS) is 12.0. The van der Waals surface area contributed by atoms with Crippen molar-refractivity contribution in [2.75, 3.05) is 7.11 Å². The van der Waals surface area contributed by atoms with E-state index in [9.17, 15) is 9.18 Å². The summed E-state index contributed by atoms with van der Waals surface area (Å²) in [7, 11) is 1.52. The number of methoxy groups -OCH3 is 1. The van der Waals surface area contributed by atoms with Crippen LogP contribution in [-0.2, 0) is 0 Å². The van der Waals surface area contributed by atoms with Crippen LogP contribution in [0.5, 0.6) is 11.5 Å². The highest BCUT2D eigenvalue weighted by atomic mass is 35.5. The van der Waals surface area contributed by atoms with Gasteiger partial charge in [0.15, 0.2) is 11.5 Å². The highest BCUT2D eigenvalue weighted by Crippen LogP contribution is 2.37. The molecular formula is C19H20ClFN2O3. The van der Waals surface area contributed by atoms with E-state index in [1.807, 2.05) is 13.8 Å². The molecule has 0 saturated carbocycles. The fourth-order valence-electron chi connectivity index (χ4n) is 2.07. The summed E-state index contributed by atoms with van der Waals surface area (Å²) in [6.07, 6.45) is 2.24. The van der Waals surface area contributed by atoms with Gasteiger partial charge in [-0.1, -0.05) is 24.6 Å². The number of carbonyl (C=O) groups excluding carboxylic acids is 1. The van der Waals surface area contributed by atoms with Crippen molar-refractivity contribution in [1.82, 2.24) is 5.43 Å². The average molecular weight is 379 g/mol. The van der Waals surface area contributed by atoms with E-state index >= 15 is 0 Å². The number of nitrogens with one attached hydrogen (secondary N) is 1.